The number of halogens is 3. The van der Waals surface area contributed by atoms with E-state index in [1.54, 1.807) is 36.4 Å². The highest BCUT2D eigenvalue weighted by Crippen LogP contribution is 2.29. The van der Waals surface area contributed by atoms with Gasteiger partial charge in [0.1, 0.15) is 11.5 Å². The number of piperidine rings is 1. The van der Waals surface area contributed by atoms with Gasteiger partial charge in [-0.15, -0.1) is 0 Å². The lowest BCUT2D eigenvalue weighted by Crippen LogP contribution is -2.37. The van der Waals surface area contributed by atoms with E-state index in [0.717, 1.165) is 16.7 Å². The summed E-state index contributed by atoms with van der Waals surface area (Å²) in [6, 6.07) is 18.0. The number of rotatable bonds is 4. The van der Waals surface area contributed by atoms with Gasteiger partial charge in [0.05, 0.1) is 8.95 Å². The van der Waals surface area contributed by atoms with Gasteiger partial charge in [0, 0.05) is 35.8 Å². The third-order valence-electron chi connectivity index (χ3n) is 5.29. The fourth-order valence-corrected chi connectivity index (χ4v) is 4.75. The van der Waals surface area contributed by atoms with Crippen LogP contribution in [0.25, 0.3) is 12.2 Å². The van der Waals surface area contributed by atoms with Crippen LogP contribution in [-0.2, 0) is 11.3 Å². The first-order valence-electron chi connectivity index (χ1n) is 10.2. The minimum atomic E-state index is -0.0225. The molecule has 0 saturated carbocycles. The Kier molecular flexibility index (Phi) is 7.39. The summed E-state index contributed by atoms with van der Waals surface area (Å²) >= 11 is 12.8. The maximum absolute atomic E-state index is 13.4. The highest BCUT2D eigenvalue weighted by Gasteiger charge is 2.26. The van der Waals surface area contributed by atoms with Gasteiger partial charge in [0.15, 0.2) is 5.78 Å². The number of ketones is 1. The maximum atomic E-state index is 13.4. The number of likely N-dealkylation sites (tertiary alicyclic amines) is 1. The molecule has 0 amide bonds. The summed E-state index contributed by atoms with van der Waals surface area (Å²) in [5.74, 6) is 0.270. The van der Waals surface area contributed by atoms with Gasteiger partial charge in [-0.05, 0) is 97.1 Å². The van der Waals surface area contributed by atoms with Crippen molar-refractivity contribution >= 4 is 61.4 Å². The minimum absolute atomic E-state index is 0.0225. The van der Waals surface area contributed by atoms with E-state index in [0.29, 0.717) is 44.7 Å². The Bertz CT molecular complexity index is 1210. The van der Waals surface area contributed by atoms with Gasteiger partial charge in [0.25, 0.3) is 0 Å². The Balaban J connectivity index is 1.71. The molecule has 0 unspecified atom stereocenters. The van der Waals surface area contributed by atoms with E-state index in [1.807, 2.05) is 36.4 Å². The van der Waals surface area contributed by atoms with Crippen LogP contribution in [0.1, 0.15) is 16.7 Å². The average molecular weight is 590 g/mol. The van der Waals surface area contributed by atoms with Crippen LogP contribution in [0.2, 0.25) is 5.02 Å². The van der Waals surface area contributed by atoms with Gasteiger partial charge in [-0.25, -0.2) is 0 Å². The molecule has 2 N–H and O–H groups in total. The summed E-state index contributed by atoms with van der Waals surface area (Å²) in [6.45, 7) is 1.61. The van der Waals surface area contributed by atoms with E-state index in [1.165, 1.54) is 0 Å². The molecule has 33 heavy (non-hydrogen) atoms. The predicted octanol–water partition coefficient (Wildman–Crippen LogP) is 6.83. The molecule has 3 aromatic rings. The second kappa shape index (κ2) is 10.3. The highest BCUT2D eigenvalue weighted by molar-refractivity contribution is 9.10. The molecule has 0 aliphatic carbocycles. The van der Waals surface area contributed by atoms with E-state index in [9.17, 15) is 15.0 Å². The molecule has 0 aromatic heterocycles. The normalized spacial score (nSPS) is 17.1. The van der Waals surface area contributed by atoms with Crippen molar-refractivity contribution in [3.05, 3.63) is 102 Å². The van der Waals surface area contributed by atoms with Crippen molar-refractivity contribution in [3.63, 3.8) is 0 Å². The molecule has 1 fully saturated rings. The molecule has 0 spiro atoms. The number of aromatic hydroxyl groups is 2. The van der Waals surface area contributed by atoms with Crippen molar-refractivity contribution < 1.29 is 15.0 Å². The molecule has 1 aliphatic rings. The molecule has 3 aromatic carbocycles. The molecule has 0 radical (unpaired) electrons. The third-order valence-corrected chi connectivity index (χ3v) is 6.80. The first-order valence-corrected chi connectivity index (χ1v) is 12.1. The Morgan fingerprint density at radius 3 is 1.88 bits per heavy atom. The van der Waals surface area contributed by atoms with Crippen LogP contribution in [0.4, 0.5) is 0 Å². The number of benzene rings is 3. The lowest BCUT2D eigenvalue weighted by atomic mass is 9.94. The van der Waals surface area contributed by atoms with Crippen LogP contribution in [0.3, 0.4) is 0 Å². The van der Waals surface area contributed by atoms with Gasteiger partial charge < -0.3 is 10.2 Å². The lowest BCUT2D eigenvalue weighted by molar-refractivity contribution is -0.113. The smallest absolute Gasteiger partial charge is 0.187 e. The number of nitrogens with zero attached hydrogens (tertiary/aromatic N) is 1. The fourth-order valence-electron chi connectivity index (χ4n) is 3.74. The lowest BCUT2D eigenvalue weighted by Gasteiger charge is -2.30. The predicted molar refractivity (Wildman–Crippen MR) is 139 cm³/mol. The Morgan fingerprint density at radius 1 is 0.848 bits per heavy atom. The zero-order chi connectivity index (χ0) is 23.5. The number of hydrogen-bond acceptors (Lipinski definition) is 4. The molecule has 0 atom stereocenters. The van der Waals surface area contributed by atoms with Gasteiger partial charge in [-0.3, -0.25) is 9.69 Å². The van der Waals surface area contributed by atoms with Crippen LogP contribution in [0.15, 0.2) is 80.8 Å². The first-order chi connectivity index (χ1) is 15.8. The third kappa shape index (κ3) is 5.95. The number of carbonyl (C=O) groups excluding carboxylic acids is 1. The van der Waals surface area contributed by atoms with Gasteiger partial charge in [-0.2, -0.15) is 0 Å². The SMILES string of the molecule is O=C1/C(=C/c2ccc(O)c(Br)c2)CN(Cc2cccc(Cl)c2)C/C1=C\c1ccc(O)c(Br)c1. The Hall–Kier alpha value is -2.38. The molecular formula is C26H20Br2ClNO3. The molecule has 4 nitrogen and oxygen atoms in total. The summed E-state index contributed by atoms with van der Waals surface area (Å²) in [5, 5.41) is 20.3. The van der Waals surface area contributed by atoms with Gasteiger partial charge >= 0.3 is 0 Å². The number of hydrogen-bond donors (Lipinski definition) is 2. The first kappa shape index (κ1) is 23.8. The minimum Gasteiger partial charge on any atom is -0.507 e. The molecule has 0 bridgehead atoms. The van der Waals surface area contributed by atoms with Crippen LogP contribution in [0, 0.1) is 0 Å². The fraction of sp³-hybridized carbons (Fsp3) is 0.115. The summed E-state index contributed by atoms with van der Waals surface area (Å²) < 4.78 is 1.14. The second-order valence-corrected chi connectivity index (χ2v) is 10.0. The van der Waals surface area contributed by atoms with E-state index >= 15 is 0 Å². The highest BCUT2D eigenvalue weighted by atomic mass is 79.9. The van der Waals surface area contributed by atoms with Crippen molar-refractivity contribution in [1.29, 1.82) is 0 Å². The monoisotopic (exact) mass is 587 g/mol. The number of Topliss-reactive ketones (excluding diaryl/α,β-unsaturated/α-hetero) is 1. The topological polar surface area (TPSA) is 60.8 Å². The zero-order valence-corrected chi connectivity index (χ0v) is 21.4. The summed E-state index contributed by atoms with van der Waals surface area (Å²) in [4.78, 5) is 15.6. The largest absolute Gasteiger partial charge is 0.507 e. The van der Waals surface area contributed by atoms with Crippen LogP contribution < -0.4 is 0 Å². The van der Waals surface area contributed by atoms with Crippen molar-refractivity contribution in [1.82, 2.24) is 4.90 Å². The summed E-state index contributed by atoms with van der Waals surface area (Å²) in [6.07, 6.45) is 3.72. The molecule has 7 heteroatoms. The standard InChI is InChI=1S/C26H20Br2ClNO3/c27-22-11-16(4-6-24(22)31)8-19-14-30(13-18-2-1-3-21(29)10-18)15-20(26(19)33)9-17-5-7-25(32)23(28)12-17/h1-12,31-32H,13-15H2/b19-8+,20-9+. The van der Waals surface area contributed by atoms with E-state index in [2.05, 4.69) is 36.8 Å². The van der Waals surface area contributed by atoms with Crippen molar-refractivity contribution in [2.75, 3.05) is 13.1 Å². The van der Waals surface area contributed by atoms with Crippen LogP contribution >= 0.6 is 43.5 Å². The van der Waals surface area contributed by atoms with Crippen LogP contribution in [-0.4, -0.2) is 34.0 Å². The van der Waals surface area contributed by atoms with Crippen LogP contribution in [0.5, 0.6) is 11.5 Å². The molecular weight excluding hydrogens is 570 g/mol. The van der Waals surface area contributed by atoms with E-state index < -0.39 is 0 Å². The van der Waals surface area contributed by atoms with Gasteiger partial charge in [0.2, 0.25) is 0 Å². The van der Waals surface area contributed by atoms with Crippen molar-refractivity contribution in [2.24, 2.45) is 0 Å². The maximum Gasteiger partial charge on any atom is 0.187 e. The number of carbonyl (C=O) groups is 1. The molecule has 1 aliphatic heterocycles. The summed E-state index contributed by atoms with van der Waals surface area (Å²) in [7, 11) is 0. The summed E-state index contributed by atoms with van der Waals surface area (Å²) in [5.41, 5.74) is 4.02. The van der Waals surface area contributed by atoms with E-state index in [-0.39, 0.29) is 17.3 Å². The van der Waals surface area contributed by atoms with E-state index in [4.69, 9.17) is 11.6 Å². The molecule has 1 saturated heterocycles. The Labute approximate surface area is 214 Å². The van der Waals surface area contributed by atoms with Crippen molar-refractivity contribution in [3.8, 4) is 11.5 Å². The quantitative estimate of drug-likeness (QED) is 0.328. The molecule has 168 valence electrons. The number of phenolic OH excluding ortho intramolecular Hbond substituents is 2. The molecule has 1 heterocycles. The number of phenols is 2. The molecule has 4 rings (SSSR count). The second-order valence-electron chi connectivity index (χ2n) is 7.87. The Morgan fingerprint density at radius 2 is 1.39 bits per heavy atom. The van der Waals surface area contributed by atoms with Gasteiger partial charge in [-0.1, -0.05) is 35.9 Å². The van der Waals surface area contributed by atoms with Crippen molar-refractivity contribution in [2.45, 2.75) is 6.54 Å². The average Bonchev–Trinajstić information content (AvgIpc) is 2.76. The zero-order valence-electron chi connectivity index (χ0n) is 17.4.